The van der Waals surface area contributed by atoms with Crippen LogP contribution in [0.1, 0.15) is 22.9 Å². The van der Waals surface area contributed by atoms with Crippen molar-refractivity contribution in [1.82, 2.24) is 25.3 Å². The molecule has 23 heavy (non-hydrogen) atoms. The maximum atomic E-state index is 4.07. The Kier molecular flexibility index (Phi) is 5.43. The molecule has 0 aliphatic carbocycles. The minimum atomic E-state index is 0.493. The normalized spacial score (nSPS) is 20.0. The number of hydrogen-bond acceptors (Lipinski definition) is 4. The quantitative estimate of drug-likeness (QED) is 0.798. The van der Waals surface area contributed by atoms with Crippen molar-refractivity contribution in [3.8, 4) is 0 Å². The molecule has 0 saturated carbocycles. The molecule has 2 aromatic rings. The maximum Gasteiger partial charge on any atom is 0.0535 e. The smallest absolute Gasteiger partial charge is 0.0535 e. The van der Waals surface area contributed by atoms with Crippen LogP contribution in [-0.4, -0.2) is 59.8 Å². The maximum absolute atomic E-state index is 4.07. The Morgan fingerprint density at radius 2 is 2.09 bits per heavy atom. The molecule has 1 atom stereocenters. The van der Waals surface area contributed by atoms with Crippen molar-refractivity contribution in [1.29, 1.82) is 0 Å². The van der Waals surface area contributed by atoms with Crippen LogP contribution in [0.4, 0.5) is 0 Å². The first-order chi connectivity index (χ1) is 11.2. The minimum Gasteiger partial charge on any atom is -0.311 e. The number of aromatic nitrogens is 2. The third-order valence-electron chi connectivity index (χ3n) is 4.70. The summed E-state index contributed by atoms with van der Waals surface area (Å²) >= 11 is 0. The van der Waals surface area contributed by atoms with Gasteiger partial charge in [-0.1, -0.05) is 30.3 Å². The van der Waals surface area contributed by atoms with Gasteiger partial charge in [-0.2, -0.15) is 5.10 Å². The number of aryl methyl sites for hydroxylation is 1. The van der Waals surface area contributed by atoms with Crippen molar-refractivity contribution in [2.75, 3.05) is 39.8 Å². The van der Waals surface area contributed by atoms with E-state index >= 15 is 0 Å². The van der Waals surface area contributed by atoms with Gasteiger partial charge in [-0.3, -0.25) is 10.00 Å². The molecule has 1 aliphatic heterocycles. The third kappa shape index (κ3) is 4.19. The lowest BCUT2D eigenvalue weighted by molar-refractivity contribution is 0.0906. The van der Waals surface area contributed by atoms with Crippen molar-refractivity contribution in [2.45, 2.75) is 19.5 Å². The average Bonchev–Trinajstić information content (AvgIpc) is 2.98. The largest absolute Gasteiger partial charge is 0.311 e. The second-order valence-corrected chi connectivity index (χ2v) is 6.42. The third-order valence-corrected chi connectivity index (χ3v) is 4.70. The topological polar surface area (TPSA) is 47.2 Å². The first-order valence-electron chi connectivity index (χ1n) is 8.41. The van der Waals surface area contributed by atoms with Gasteiger partial charge in [-0.15, -0.1) is 0 Å². The van der Waals surface area contributed by atoms with Crippen LogP contribution < -0.4 is 5.32 Å². The van der Waals surface area contributed by atoms with Crippen molar-refractivity contribution < 1.29 is 0 Å². The van der Waals surface area contributed by atoms with Crippen LogP contribution >= 0.6 is 0 Å². The summed E-state index contributed by atoms with van der Waals surface area (Å²) in [6.45, 7) is 8.39. The van der Waals surface area contributed by atoms with Crippen molar-refractivity contribution >= 4 is 0 Å². The summed E-state index contributed by atoms with van der Waals surface area (Å²) < 4.78 is 0. The van der Waals surface area contributed by atoms with E-state index in [9.17, 15) is 0 Å². The number of likely N-dealkylation sites (N-methyl/N-ethyl adjacent to an activating group) is 1. The second kappa shape index (κ2) is 7.73. The molecule has 0 radical (unpaired) electrons. The van der Waals surface area contributed by atoms with Crippen molar-refractivity contribution in [3.05, 3.63) is 53.3 Å². The molecule has 0 amide bonds. The Bertz CT molecular complexity index is 594. The molecule has 0 spiro atoms. The van der Waals surface area contributed by atoms with Crippen LogP contribution in [0.5, 0.6) is 0 Å². The van der Waals surface area contributed by atoms with Crippen molar-refractivity contribution in [3.63, 3.8) is 0 Å². The molecular weight excluding hydrogens is 286 g/mol. The number of hydrogen-bond donors (Lipinski definition) is 2. The Hall–Kier alpha value is -1.69. The summed E-state index contributed by atoms with van der Waals surface area (Å²) in [5, 5.41) is 10.6. The summed E-state index contributed by atoms with van der Waals surface area (Å²) in [6, 6.07) is 11.4. The van der Waals surface area contributed by atoms with E-state index in [1.807, 2.05) is 6.20 Å². The number of H-pyrrole nitrogens is 1. The molecule has 5 nitrogen and oxygen atoms in total. The molecule has 1 saturated heterocycles. The highest BCUT2D eigenvalue weighted by Gasteiger charge is 2.25. The van der Waals surface area contributed by atoms with Crippen molar-refractivity contribution in [2.24, 2.45) is 0 Å². The van der Waals surface area contributed by atoms with E-state index in [4.69, 9.17) is 0 Å². The lowest BCUT2D eigenvalue weighted by Gasteiger charge is -2.40. The Morgan fingerprint density at radius 1 is 1.26 bits per heavy atom. The fourth-order valence-corrected chi connectivity index (χ4v) is 3.22. The van der Waals surface area contributed by atoms with E-state index in [0.717, 1.165) is 45.0 Å². The van der Waals surface area contributed by atoms with Crippen LogP contribution in [0, 0.1) is 6.92 Å². The summed E-state index contributed by atoms with van der Waals surface area (Å²) in [6.07, 6.45) is 1.91. The van der Waals surface area contributed by atoms with Gasteiger partial charge in [0, 0.05) is 56.6 Å². The highest BCUT2D eigenvalue weighted by Crippen LogP contribution is 2.24. The molecule has 2 N–H and O–H groups in total. The van der Waals surface area contributed by atoms with E-state index in [0.29, 0.717) is 6.04 Å². The average molecular weight is 313 g/mol. The van der Waals surface area contributed by atoms with E-state index in [-0.39, 0.29) is 0 Å². The zero-order valence-corrected chi connectivity index (χ0v) is 14.1. The van der Waals surface area contributed by atoms with Gasteiger partial charge in [0.2, 0.25) is 0 Å². The predicted octanol–water partition coefficient (Wildman–Crippen LogP) is 1.80. The lowest BCUT2D eigenvalue weighted by Crippen LogP contribution is -2.48. The second-order valence-electron chi connectivity index (χ2n) is 6.42. The van der Waals surface area contributed by atoms with E-state index < -0.39 is 0 Å². The fourth-order valence-electron chi connectivity index (χ4n) is 3.22. The van der Waals surface area contributed by atoms with Gasteiger partial charge in [0.1, 0.15) is 0 Å². The molecule has 1 aromatic heterocycles. The van der Waals surface area contributed by atoms with Gasteiger partial charge in [0.05, 0.1) is 6.20 Å². The number of rotatable bonds is 6. The number of nitrogens with one attached hydrogen (secondary N) is 2. The van der Waals surface area contributed by atoms with Crippen LogP contribution in [-0.2, 0) is 6.54 Å². The first-order valence-corrected chi connectivity index (χ1v) is 8.41. The van der Waals surface area contributed by atoms with Gasteiger partial charge in [0.25, 0.3) is 0 Å². The monoisotopic (exact) mass is 313 g/mol. The first kappa shape index (κ1) is 16.2. The number of nitrogens with zero attached hydrogens (tertiary/aromatic N) is 3. The SMILES string of the molecule is Cc1[nH]ncc1CNCCN1CCN(C)C[C@H]1c1ccccc1. The van der Waals surface area contributed by atoms with Crippen LogP contribution in [0.3, 0.4) is 0 Å². The number of benzene rings is 1. The predicted molar refractivity (Wildman–Crippen MR) is 93.3 cm³/mol. The molecule has 0 unspecified atom stereocenters. The molecule has 124 valence electrons. The Balaban J connectivity index is 1.53. The Morgan fingerprint density at radius 3 is 2.83 bits per heavy atom. The molecule has 1 fully saturated rings. The number of piperazine rings is 1. The van der Waals surface area contributed by atoms with E-state index in [1.54, 1.807) is 0 Å². The molecule has 2 heterocycles. The fraction of sp³-hybridized carbons (Fsp3) is 0.500. The van der Waals surface area contributed by atoms with Crippen LogP contribution in [0.15, 0.2) is 36.5 Å². The zero-order valence-electron chi connectivity index (χ0n) is 14.1. The van der Waals surface area contributed by atoms with Gasteiger partial charge in [-0.05, 0) is 19.5 Å². The summed E-state index contributed by atoms with van der Waals surface area (Å²) in [5.74, 6) is 0. The molecule has 3 rings (SSSR count). The molecular formula is C18H27N5. The minimum absolute atomic E-state index is 0.493. The van der Waals surface area contributed by atoms with E-state index in [2.05, 4.69) is 69.6 Å². The van der Waals surface area contributed by atoms with Gasteiger partial charge < -0.3 is 10.2 Å². The molecule has 5 heteroatoms. The van der Waals surface area contributed by atoms with Gasteiger partial charge in [-0.25, -0.2) is 0 Å². The van der Waals surface area contributed by atoms with Gasteiger partial charge >= 0.3 is 0 Å². The van der Waals surface area contributed by atoms with Crippen LogP contribution in [0.2, 0.25) is 0 Å². The molecule has 1 aromatic carbocycles. The molecule has 1 aliphatic rings. The summed E-state index contributed by atoms with van der Waals surface area (Å²) in [7, 11) is 2.22. The highest BCUT2D eigenvalue weighted by molar-refractivity contribution is 5.20. The molecule has 0 bridgehead atoms. The number of aromatic amines is 1. The summed E-state index contributed by atoms with van der Waals surface area (Å²) in [4.78, 5) is 5.03. The lowest BCUT2D eigenvalue weighted by atomic mass is 10.0. The van der Waals surface area contributed by atoms with Crippen LogP contribution in [0.25, 0.3) is 0 Å². The van der Waals surface area contributed by atoms with E-state index in [1.165, 1.54) is 11.1 Å². The standard InChI is InChI=1S/C18H27N5/c1-15-17(13-20-21-15)12-19-8-9-23-11-10-22(2)14-18(23)16-6-4-3-5-7-16/h3-7,13,18-19H,8-12,14H2,1-2H3,(H,20,21)/t18-/m0/s1. The summed E-state index contributed by atoms with van der Waals surface area (Å²) in [5.41, 5.74) is 3.83. The Labute approximate surface area is 138 Å². The zero-order chi connectivity index (χ0) is 16.1. The van der Waals surface area contributed by atoms with Gasteiger partial charge in [0.15, 0.2) is 0 Å². The highest BCUT2D eigenvalue weighted by atomic mass is 15.3.